The van der Waals surface area contributed by atoms with E-state index in [0.717, 1.165) is 19.4 Å². The van der Waals surface area contributed by atoms with Crippen LogP contribution in [0.4, 0.5) is 0 Å². The highest BCUT2D eigenvalue weighted by Crippen LogP contribution is 2.62. The normalized spacial score (nSPS) is 50.3. The van der Waals surface area contributed by atoms with Crippen molar-refractivity contribution < 1.29 is 9.90 Å². The summed E-state index contributed by atoms with van der Waals surface area (Å²) in [4.78, 5) is 14.1. The van der Waals surface area contributed by atoms with Gasteiger partial charge in [-0.05, 0) is 54.9 Å². The van der Waals surface area contributed by atoms with Crippen LogP contribution in [0.1, 0.15) is 39.5 Å². The fourth-order valence-corrected chi connectivity index (χ4v) is 6.24. The molecule has 0 aromatic carbocycles. The van der Waals surface area contributed by atoms with E-state index < -0.39 is 0 Å². The van der Waals surface area contributed by atoms with E-state index in [1.165, 1.54) is 18.5 Å². The molecule has 6 atom stereocenters. The van der Waals surface area contributed by atoms with Gasteiger partial charge in [-0.1, -0.05) is 19.9 Å². The Balaban J connectivity index is 1.74. The number of piperidine rings is 1. The van der Waals surface area contributed by atoms with Gasteiger partial charge in [0, 0.05) is 30.8 Å². The molecule has 0 bridgehead atoms. The molecular weight excluding hydrogens is 274 g/mol. The van der Waals surface area contributed by atoms with Gasteiger partial charge in [0.05, 0.1) is 6.10 Å². The third-order valence-electron chi connectivity index (χ3n) is 7.27. The van der Waals surface area contributed by atoms with E-state index in [9.17, 15) is 9.90 Å². The zero-order valence-corrected chi connectivity index (χ0v) is 13.9. The molecule has 0 radical (unpaired) electrons. The topological polar surface area (TPSA) is 40.5 Å². The number of allylic oxidation sites excluding steroid dienone is 3. The highest BCUT2D eigenvalue weighted by molar-refractivity contribution is 6.01. The second-order valence-electron chi connectivity index (χ2n) is 8.59. The molecule has 3 fully saturated rings. The summed E-state index contributed by atoms with van der Waals surface area (Å²) in [5, 5.41) is 10.2. The molecule has 0 unspecified atom stereocenters. The van der Waals surface area contributed by atoms with Crippen molar-refractivity contribution in [2.45, 2.75) is 45.6 Å². The first-order valence-corrected chi connectivity index (χ1v) is 8.68. The van der Waals surface area contributed by atoms with Gasteiger partial charge in [-0.15, -0.1) is 0 Å². The number of likely N-dealkylation sites (tertiary alicyclic amines) is 1. The molecule has 22 heavy (non-hydrogen) atoms. The molecule has 3 heteroatoms. The van der Waals surface area contributed by atoms with Crippen molar-refractivity contribution in [1.29, 1.82) is 0 Å². The van der Waals surface area contributed by atoms with Crippen LogP contribution in [0.25, 0.3) is 0 Å². The molecule has 0 aromatic heterocycles. The molecule has 3 nitrogen and oxygen atoms in total. The second-order valence-corrected chi connectivity index (χ2v) is 8.59. The number of aliphatic hydroxyl groups excluding tert-OH is 1. The van der Waals surface area contributed by atoms with E-state index in [1.54, 1.807) is 6.08 Å². The highest BCUT2D eigenvalue weighted by atomic mass is 16.3. The van der Waals surface area contributed by atoms with E-state index in [4.69, 9.17) is 0 Å². The van der Waals surface area contributed by atoms with Crippen molar-refractivity contribution in [3.8, 4) is 0 Å². The van der Waals surface area contributed by atoms with E-state index >= 15 is 0 Å². The molecule has 4 aliphatic rings. The summed E-state index contributed by atoms with van der Waals surface area (Å²) in [5.74, 6) is 1.96. The lowest BCUT2D eigenvalue weighted by atomic mass is 9.51. The van der Waals surface area contributed by atoms with Gasteiger partial charge in [-0.25, -0.2) is 0 Å². The van der Waals surface area contributed by atoms with Gasteiger partial charge < -0.3 is 10.0 Å². The summed E-state index contributed by atoms with van der Waals surface area (Å²) in [6, 6.07) is 0. The zero-order valence-electron chi connectivity index (χ0n) is 13.9. The Morgan fingerprint density at radius 1 is 1.32 bits per heavy atom. The van der Waals surface area contributed by atoms with Crippen LogP contribution in [0.2, 0.25) is 0 Å². The number of carbonyl (C=O) groups is 1. The summed E-state index contributed by atoms with van der Waals surface area (Å²) in [7, 11) is 2.13. The van der Waals surface area contributed by atoms with Gasteiger partial charge in [0.2, 0.25) is 0 Å². The molecule has 3 aliphatic carbocycles. The Morgan fingerprint density at radius 3 is 2.86 bits per heavy atom. The first-order valence-electron chi connectivity index (χ1n) is 8.68. The average Bonchev–Trinajstić information content (AvgIpc) is 2.76. The van der Waals surface area contributed by atoms with Crippen molar-refractivity contribution in [1.82, 2.24) is 4.90 Å². The predicted octanol–water partition coefficient (Wildman–Crippen LogP) is 2.76. The minimum absolute atomic E-state index is 0.0134. The van der Waals surface area contributed by atoms with Gasteiger partial charge in [-0.2, -0.15) is 0 Å². The number of rotatable bonds is 0. The van der Waals surface area contributed by atoms with Crippen LogP contribution in [-0.4, -0.2) is 35.5 Å². The predicted molar refractivity (Wildman–Crippen MR) is 86.0 cm³/mol. The first-order chi connectivity index (χ1) is 10.3. The number of ketones is 1. The highest BCUT2D eigenvalue weighted by Gasteiger charge is 2.58. The zero-order chi connectivity index (χ0) is 15.7. The Hall–Kier alpha value is -1.09. The minimum Gasteiger partial charge on any atom is -0.393 e. The molecule has 2 saturated carbocycles. The van der Waals surface area contributed by atoms with Crippen molar-refractivity contribution in [2.24, 2.45) is 28.6 Å². The van der Waals surface area contributed by atoms with Gasteiger partial charge >= 0.3 is 0 Å². The third-order valence-corrected chi connectivity index (χ3v) is 7.27. The van der Waals surface area contributed by atoms with E-state index in [2.05, 4.69) is 31.9 Å². The molecule has 1 heterocycles. The fourth-order valence-electron chi connectivity index (χ4n) is 6.24. The second kappa shape index (κ2) is 4.47. The lowest BCUT2D eigenvalue weighted by Gasteiger charge is -2.58. The molecule has 1 saturated heterocycles. The number of hydrogen-bond donors (Lipinski definition) is 1. The quantitative estimate of drug-likeness (QED) is 0.748. The largest absolute Gasteiger partial charge is 0.393 e. The van der Waals surface area contributed by atoms with Crippen LogP contribution in [0.5, 0.6) is 0 Å². The lowest BCUT2D eigenvalue weighted by molar-refractivity contribution is -0.111. The summed E-state index contributed by atoms with van der Waals surface area (Å²) in [6.07, 6.45) is 10.00. The summed E-state index contributed by atoms with van der Waals surface area (Å²) >= 11 is 0. The Kier molecular flexibility index (Phi) is 2.95. The third kappa shape index (κ3) is 1.81. The number of hydrogen-bond acceptors (Lipinski definition) is 3. The van der Waals surface area contributed by atoms with Crippen LogP contribution < -0.4 is 0 Å². The van der Waals surface area contributed by atoms with Crippen LogP contribution in [0, 0.1) is 28.6 Å². The van der Waals surface area contributed by atoms with Crippen LogP contribution in [0.3, 0.4) is 0 Å². The van der Waals surface area contributed by atoms with Gasteiger partial charge in [0.25, 0.3) is 0 Å². The maximum absolute atomic E-state index is 11.8. The number of nitrogens with zero attached hydrogens (tertiary/aromatic N) is 1. The maximum atomic E-state index is 11.8. The van der Waals surface area contributed by atoms with Crippen LogP contribution in [-0.2, 0) is 4.79 Å². The molecule has 0 spiro atoms. The van der Waals surface area contributed by atoms with Gasteiger partial charge in [0.1, 0.15) is 0 Å². The average molecular weight is 301 g/mol. The van der Waals surface area contributed by atoms with Crippen molar-refractivity contribution in [3.05, 3.63) is 23.9 Å². The monoisotopic (exact) mass is 301 g/mol. The Morgan fingerprint density at radius 2 is 2.09 bits per heavy atom. The summed E-state index contributed by atoms with van der Waals surface area (Å²) < 4.78 is 0. The van der Waals surface area contributed by atoms with Crippen LogP contribution in [0.15, 0.2) is 23.9 Å². The Labute approximate surface area is 133 Å². The van der Waals surface area contributed by atoms with E-state index in [-0.39, 0.29) is 17.3 Å². The smallest absolute Gasteiger partial charge is 0.180 e. The van der Waals surface area contributed by atoms with Gasteiger partial charge in [0.15, 0.2) is 5.78 Å². The molecule has 0 amide bonds. The molecular formula is C19H27NO2. The molecule has 0 aromatic rings. The van der Waals surface area contributed by atoms with Crippen LogP contribution >= 0.6 is 0 Å². The fraction of sp³-hybridized carbons (Fsp3) is 0.737. The lowest BCUT2D eigenvalue weighted by Crippen LogP contribution is -2.55. The SMILES string of the molecule is CN1C[C@H]2[C@@H]3C[C@H](O)C[C@@]3(C)CC[C@@H]2[C@@]2(C)C=CC(=O)C=C12. The summed E-state index contributed by atoms with van der Waals surface area (Å²) in [5.41, 5.74) is 1.50. The van der Waals surface area contributed by atoms with Crippen molar-refractivity contribution >= 4 is 5.78 Å². The first kappa shape index (κ1) is 14.5. The molecule has 1 aliphatic heterocycles. The standard InChI is InChI=1S/C19H27NO2/c1-18-6-5-15-14(16(18)8-13(22)10-18)11-20(3)17-9-12(21)4-7-19(15,17)2/h4,7,9,13-16,22H,5-6,8,10-11H2,1-3H3/t13-,14+,15-,16-,18+,19+/m0/s1. The number of carbonyl (C=O) groups excluding carboxylic acids is 1. The number of fused-ring (bicyclic) bond motifs is 5. The maximum Gasteiger partial charge on any atom is 0.180 e. The van der Waals surface area contributed by atoms with Crippen molar-refractivity contribution in [3.63, 3.8) is 0 Å². The minimum atomic E-state index is -0.118. The molecule has 1 N–H and O–H groups in total. The Bertz CT molecular complexity index is 580. The molecule has 4 rings (SSSR count). The number of aliphatic hydroxyl groups is 1. The van der Waals surface area contributed by atoms with E-state index in [1.807, 2.05) is 6.08 Å². The summed E-state index contributed by atoms with van der Waals surface area (Å²) in [6.45, 7) is 5.72. The molecule has 120 valence electrons. The van der Waals surface area contributed by atoms with Crippen molar-refractivity contribution in [2.75, 3.05) is 13.6 Å². The van der Waals surface area contributed by atoms with E-state index in [0.29, 0.717) is 23.2 Å². The van der Waals surface area contributed by atoms with Gasteiger partial charge in [-0.3, -0.25) is 4.79 Å².